The van der Waals surface area contributed by atoms with E-state index < -0.39 is 17.7 Å². The molecule has 14 heteroatoms. The second kappa shape index (κ2) is 12.4. The molecule has 2 N–H and O–H groups in total. The number of nitrogens with zero attached hydrogens (tertiary/aromatic N) is 7. The van der Waals surface area contributed by atoms with Crippen LogP contribution in [0.3, 0.4) is 0 Å². The van der Waals surface area contributed by atoms with Gasteiger partial charge in [0.15, 0.2) is 11.6 Å². The lowest BCUT2D eigenvalue weighted by Gasteiger charge is -2.28. The predicted molar refractivity (Wildman–Crippen MR) is 167 cm³/mol. The summed E-state index contributed by atoms with van der Waals surface area (Å²) in [5, 5.41) is 10.9. The number of halogens is 2. The summed E-state index contributed by atoms with van der Waals surface area (Å²) < 4.78 is 35.4. The van der Waals surface area contributed by atoms with Crippen LogP contribution in [0, 0.1) is 11.6 Å². The summed E-state index contributed by atoms with van der Waals surface area (Å²) in [5.41, 5.74) is 2.45. The summed E-state index contributed by atoms with van der Waals surface area (Å²) in [5.74, 6) is -0.925. The van der Waals surface area contributed by atoms with E-state index in [1.165, 1.54) is 29.2 Å². The number of fused-ring (bicyclic) bond motifs is 1. The molecule has 3 amide bonds. The molecule has 1 saturated heterocycles. The van der Waals surface area contributed by atoms with Crippen molar-refractivity contribution in [1.29, 1.82) is 0 Å². The number of rotatable bonds is 6. The number of ether oxygens (including phenoxy) is 1. The molecule has 0 radical (unpaired) electrons. The third kappa shape index (κ3) is 6.36. The number of hydrogen-bond donors (Lipinski definition) is 2. The number of benzene rings is 2. The molecule has 6 rings (SSSR count). The van der Waals surface area contributed by atoms with E-state index in [9.17, 15) is 14.0 Å². The highest BCUT2D eigenvalue weighted by molar-refractivity contribution is 6.01. The van der Waals surface area contributed by atoms with Crippen LogP contribution < -0.4 is 15.5 Å². The highest BCUT2D eigenvalue weighted by Crippen LogP contribution is 2.31. The molecule has 4 heterocycles. The van der Waals surface area contributed by atoms with E-state index in [2.05, 4.69) is 20.6 Å². The molecule has 4 aromatic rings. The maximum atomic E-state index is 15.3. The number of hydrogen-bond acceptors (Lipinski definition) is 9. The first-order valence-corrected chi connectivity index (χ1v) is 14.3. The van der Waals surface area contributed by atoms with Crippen LogP contribution in [0.4, 0.5) is 30.8 Å². The van der Waals surface area contributed by atoms with Crippen molar-refractivity contribution in [2.45, 2.75) is 5.92 Å². The van der Waals surface area contributed by atoms with E-state index in [4.69, 9.17) is 19.7 Å². The minimum absolute atomic E-state index is 0.0676. The molecule has 2 aromatic heterocycles. The Balaban J connectivity index is 1.26. The number of likely N-dealkylation sites (N-methyl/N-ethyl adjacent to an activating group) is 1. The zero-order valence-electron chi connectivity index (χ0n) is 24.9. The zero-order valence-corrected chi connectivity index (χ0v) is 24.9. The van der Waals surface area contributed by atoms with Crippen molar-refractivity contribution in [3.8, 4) is 11.4 Å². The van der Waals surface area contributed by atoms with Gasteiger partial charge in [-0.1, -0.05) is 0 Å². The quantitative estimate of drug-likeness (QED) is 0.331. The summed E-state index contributed by atoms with van der Waals surface area (Å²) in [6.07, 6.45) is 3.69. The van der Waals surface area contributed by atoms with Gasteiger partial charge in [0.1, 0.15) is 17.2 Å². The van der Waals surface area contributed by atoms with Gasteiger partial charge in [0.2, 0.25) is 0 Å². The summed E-state index contributed by atoms with van der Waals surface area (Å²) >= 11 is 0. The molecule has 0 aliphatic carbocycles. The molecular formula is C31H31F2N9O3. The number of anilines is 3. The van der Waals surface area contributed by atoms with Gasteiger partial charge in [-0.05, 0) is 48.0 Å². The molecule has 2 aliphatic rings. The SMILES string of the molecule is CN1CC(c2cnc3c(N4CCOCC4)nc(-c4ccc(NC(=O)Nc5ccc(C(=O)N(C)C)cc5F)c(F)c4)nc3c2)C=N1. The first kappa shape index (κ1) is 29.8. The second-order valence-corrected chi connectivity index (χ2v) is 11.0. The van der Waals surface area contributed by atoms with Crippen LogP contribution >= 0.6 is 0 Å². The molecule has 232 valence electrons. The molecule has 45 heavy (non-hydrogen) atoms. The maximum Gasteiger partial charge on any atom is 0.323 e. The Morgan fingerprint density at radius 1 is 0.978 bits per heavy atom. The van der Waals surface area contributed by atoms with E-state index in [-0.39, 0.29) is 28.8 Å². The Morgan fingerprint density at radius 2 is 1.69 bits per heavy atom. The van der Waals surface area contributed by atoms with E-state index in [1.54, 1.807) is 20.2 Å². The van der Waals surface area contributed by atoms with Gasteiger partial charge in [-0.3, -0.25) is 14.8 Å². The van der Waals surface area contributed by atoms with E-state index in [1.807, 2.05) is 30.5 Å². The highest BCUT2D eigenvalue weighted by atomic mass is 19.1. The van der Waals surface area contributed by atoms with Gasteiger partial charge >= 0.3 is 6.03 Å². The van der Waals surface area contributed by atoms with Crippen LogP contribution in [0.25, 0.3) is 22.4 Å². The molecule has 1 atom stereocenters. The van der Waals surface area contributed by atoms with Gasteiger partial charge in [-0.25, -0.2) is 23.5 Å². The molecule has 0 saturated carbocycles. The molecular weight excluding hydrogens is 584 g/mol. The number of aromatic nitrogens is 3. The van der Waals surface area contributed by atoms with E-state index >= 15 is 4.39 Å². The molecule has 12 nitrogen and oxygen atoms in total. The van der Waals surface area contributed by atoms with E-state index in [0.717, 1.165) is 18.2 Å². The standard InChI is InChI=1S/C31H31F2N9O3/c1-40(2)30(43)19-5-7-25(23(33)13-19)38-31(44)37-24-6-4-18(12-22(24)32)28-36-26-14-20(21-16-35-41(3)17-21)15-34-27(26)29(39-28)42-8-10-45-11-9-42/h4-7,12-16,21H,8-11,17H2,1-3H3,(H2,37,38,44). The molecule has 1 fully saturated rings. The largest absolute Gasteiger partial charge is 0.378 e. The Kier molecular flexibility index (Phi) is 8.22. The van der Waals surface area contributed by atoms with E-state index in [0.29, 0.717) is 54.5 Å². The van der Waals surface area contributed by atoms with Crippen molar-refractivity contribution in [3.05, 3.63) is 71.4 Å². The Bertz CT molecular complexity index is 1810. The van der Waals surface area contributed by atoms with Crippen molar-refractivity contribution in [2.24, 2.45) is 5.10 Å². The van der Waals surface area contributed by atoms with Crippen molar-refractivity contribution in [2.75, 3.05) is 69.5 Å². The first-order chi connectivity index (χ1) is 21.7. The summed E-state index contributed by atoms with van der Waals surface area (Å²) in [6.45, 7) is 3.06. The normalized spacial score (nSPS) is 16.2. The van der Waals surface area contributed by atoms with Crippen molar-refractivity contribution in [1.82, 2.24) is 24.9 Å². The van der Waals surface area contributed by atoms with Gasteiger partial charge in [-0.15, -0.1) is 0 Å². The van der Waals surface area contributed by atoms with Crippen LogP contribution in [0.5, 0.6) is 0 Å². The van der Waals surface area contributed by atoms with Crippen LogP contribution in [0.15, 0.2) is 53.8 Å². The molecule has 2 aliphatic heterocycles. The number of urea groups is 1. The smallest absolute Gasteiger partial charge is 0.323 e. The monoisotopic (exact) mass is 615 g/mol. The molecule has 0 spiro atoms. The Morgan fingerprint density at radius 3 is 2.33 bits per heavy atom. The summed E-state index contributed by atoms with van der Waals surface area (Å²) in [6, 6.07) is 9.02. The van der Waals surface area contributed by atoms with Gasteiger partial charge in [0.25, 0.3) is 5.91 Å². The minimum Gasteiger partial charge on any atom is -0.378 e. The number of carbonyl (C=O) groups excluding carboxylic acids is 2. The van der Waals surface area contributed by atoms with Crippen molar-refractivity contribution < 1.29 is 23.1 Å². The van der Waals surface area contributed by atoms with Crippen LogP contribution in [0.2, 0.25) is 0 Å². The number of hydrazone groups is 1. The lowest BCUT2D eigenvalue weighted by atomic mass is 10.0. The fraction of sp³-hybridized carbons (Fsp3) is 0.290. The first-order valence-electron chi connectivity index (χ1n) is 14.3. The topological polar surface area (TPSA) is 128 Å². The van der Waals surface area contributed by atoms with Gasteiger partial charge in [-0.2, -0.15) is 5.10 Å². The van der Waals surface area contributed by atoms with Crippen molar-refractivity contribution >= 4 is 46.4 Å². The Labute approximate surface area is 257 Å². The zero-order chi connectivity index (χ0) is 31.7. The Hall–Kier alpha value is -5.24. The minimum atomic E-state index is -0.858. The fourth-order valence-corrected chi connectivity index (χ4v) is 5.15. The van der Waals surface area contributed by atoms with Crippen LogP contribution in [0.1, 0.15) is 21.8 Å². The second-order valence-electron chi connectivity index (χ2n) is 11.0. The van der Waals surface area contributed by atoms with Gasteiger partial charge in [0.05, 0.1) is 30.1 Å². The molecule has 1 unspecified atom stereocenters. The average Bonchev–Trinajstić information content (AvgIpc) is 3.48. The number of carbonyl (C=O) groups is 2. The molecule has 2 aromatic carbocycles. The highest BCUT2D eigenvalue weighted by Gasteiger charge is 2.23. The van der Waals surface area contributed by atoms with Gasteiger partial charge in [0, 0.05) is 70.2 Å². The average molecular weight is 616 g/mol. The van der Waals surface area contributed by atoms with Crippen LogP contribution in [-0.4, -0.2) is 97.0 Å². The number of amides is 3. The lowest BCUT2D eigenvalue weighted by molar-refractivity contribution is 0.0827. The lowest BCUT2D eigenvalue weighted by Crippen LogP contribution is -2.37. The number of nitrogens with one attached hydrogen (secondary N) is 2. The van der Waals surface area contributed by atoms with Crippen molar-refractivity contribution in [3.63, 3.8) is 0 Å². The number of pyridine rings is 1. The predicted octanol–water partition coefficient (Wildman–Crippen LogP) is 4.17. The van der Waals surface area contributed by atoms with Crippen LogP contribution in [-0.2, 0) is 4.74 Å². The van der Waals surface area contributed by atoms with Gasteiger partial charge < -0.3 is 25.2 Å². The number of morpholine rings is 1. The maximum absolute atomic E-state index is 15.3. The summed E-state index contributed by atoms with van der Waals surface area (Å²) in [7, 11) is 5.00. The molecule has 0 bridgehead atoms. The fourth-order valence-electron chi connectivity index (χ4n) is 5.15. The summed E-state index contributed by atoms with van der Waals surface area (Å²) in [4.78, 5) is 42.3. The third-order valence-electron chi connectivity index (χ3n) is 7.53. The third-order valence-corrected chi connectivity index (χ3v) is 7.53.